The van der Waals surface area contributed by atoms with Crippen molar-refractivity contribution in [3.05, 3.63) is 41.7 Å². The van der Waals surface area contributed by atoms with Gasteiger partial charge in [-0.15, -0.1) is 0 Å². The SMILES string of the molecule is Cc1nc(Cn2cc3c(C4(NC=O)CC4)nccc3n2)cnc1OCC(F)(F)F. The third kappa shape index (κ3) is 3.98. The molecule has 0 bridgehead atoms. The second-order valence-corrected chi connectivity index (χ2v) is 6.92. The summed E-state index contributed by atoms with van der Waals surface area (Å²) < 4.78 is 43.2. The Balaban J connectivity index is 1.56. The molecular weight excluding hydrogens is 389 g/mol. The number of alkyl halides is 3. The van der Waals surface area contributed by atoms with E-state index in [-0.39, 0.29) is 18.1 Å². The maximum atomic E-state index is 12.3. The molecule has 1 saturated carbocycles. The highest BCUT2D eigenvalue weighted by Gasteiger charge is 2.46. The lowest BCUT2D eigenvalue weighted by atomic mass is 10.1. The normalized spacial score (nSPS) is 15.3. The molecule has 0 spiro atoms. The summed E-state index contributed by atoms with van der Waals surface area (Å²) in [6.07, 6.45) is 2.69. The average Bonchev–Trinajstić information content (AvgIpc) is 3.31. The molecule has 3 heterocycles. The summed E-state index contributed by atoms with van der Waals surface area (Å²) >= 11 is 0. The first-order valence-electron chi connectivity index (χ1n) is 8.86. The van der Waals surface area contributed by atoms with Crippen LogP contribution in [0, 0.1) is 6.92 Å². The Kier molecular flexibility index (Phi) is 4.59. The Morgan fingerprint density at radius 3 is 2.79 bits per heavy atom. The molecule has 29 heavy (non-hydrogen) atoms. The molecule has 3 aromatic rings. The smallest absolute Gasteiger partial charge is 0.422 e. The van der Waals surface area contributed by atoms with Gasteiger partial charge in [-0.05, 0) is 25.8 Å². The molecule has 0 saturated heterocycles. The van der Waals surface area contributed by atoms with Crippen LogP contribution in [0.4, 0.5) is 13.2 Å². The van der Waals surface area contributed by atoms with E-state index in [4.69, 9.17) is 0 Å². The first-order valence-corrected chi connectivity index (χ1v) is 8.86. The van der Waals surface area contributed by atoms with Crippen molar-refractivity contribution in [3.63, 3.8) is 0 Å². The van der Waals surface area contributed by atoms with Crippen LogP contribution in [0.25, 0.3) is 10.9 Å². The predicted octanol–water partition coefficient (Wildman–Crippen LogP) is 2.25. The van der Waals surface area contributed by atoms with E-state index in [1.54, 1.807) is 16.9 Å². The van der Waals surface area contributed by atoms with Gasteiger partial charge in [0.25, 0.3) is 0 Å². The Bertz CT molecular complexity index is 1060. The number of carbonyl (C=O) groups is 1. The summed E-state index contributed by atoms with van der Waals surface area (Å²) in [5, 5.41) is 8.17. The van der Waals surface area contributed by atoms with E-state index in [9.17, 15) is 18.0 Å². The second kappa shape index (κ2) is 6.98. The number of nitrogens with one attached hydrogen (secondary N) is 1. The third-order valence-corrected chi connectivity index (χ3v) is 4.67. The number of aryl methyl sites for hydroxylation is 1. The van der Waals surface area contributed by atoms with Crippen molar-refractivity contribution in [3.8, 4) is 5.88 Å². The molecule has 0 aliphatic heterocycles. The minimum atomic E-state index is -4.44. The van der Waals surface area contributed by atoms with Crippen molar-refractivity contribution in [1.29, 1.82) is 0 Å². The van der Waals surface area contributed by atoms with E-state index in [0.717, 1.165) is 29.4 Å². The molecule has 152 valence electrons. The van der Waals surface area contributed by atoms with Crippen LogP contribution in [0.1, 0.15) is 29.9 Å². The molecule has 0 atom stereocenters. The molecule has 0 aromatic carbocycles. The van der Waals surface area contributed by atoms with E-state index in [1.165, 1.54) is 13.1 Å². The Labute approximate surface area is 163 Å². The maximum absolute atomic E-state index is 12.3. The quantitative estimate of drug-likeness (QED) is 0.605. The topological polar surface area (TPSA) is 94.8 Å². The molecule has 0 radical (unpaired) electrons. The van der Waals surface area contributed by atoms with Crippen molar-refractivity contribution in [2.75, 3.05) is 6.61 Å². The lowest BCUT2D eigenvalue weighted by Crippen LogP contribution is -2.28. The number of amides is 1. The Morgan fingerprint density at radius 2 is 2.14 bits per heavy atom. The van der Waals surface area contributed by atoms with Gasteiger partial charge in [0.1, 0.15) is 0 Å². The number of ether oxygens (including phenoxy) is 1. The number of rotatable bonds is 7. The fraction of sp³-hybridized carbons (Fsp3) is 0.389. The standard InChI is InChI=1S/C18H17F3N6O2/c1-11-16(29-9-18(19,20)21)23-6-12(25-11)7-27-8-13-14(26-27)2-5-22-15(13)17(3-4-17)24-10-28/h2,5-6,8,10H,3-4,7,9H2,1H3,(H,24,28). The van der Waals surface area contributed by atoms with E-state index >= 15 is 0 Å². The fourth-order valence-corrected chi connectivity index (χ4v) is 3.20. The molecule has 0 unspecified atom stereocenters. The Hall–Kier alpha value is -3.24. The van der Waals surface area contributed by atoms with Crippen molar-refractivity contribution in [1.82, 2.24) is 30.0 Å². The first-order chi connectivity index (χ1) is 13.8. The molecule has 3 aromatic heterocycles. The van der Waals surface area contributed by atoms with Crippen molar-refractivity contribution in [2.24, 2.45) is 0 Å². The second-order valence-electron chi connectivity index (χ2n) is 6.92. The third-order valence-electron chi connectivity index (χ3n) is 4.67. The number of nitrogens with zero attached hydrogens (tertiary/aromatic N) is 5. The molecule has 1 fully saturated rings. The molecule has 11 heteroatoms. The molecule has 1 amide bonds. The van der Waals surface area contributed by atoms with Crippen molar-refractivity contribution < 1.29 is 22.7 Å². The van der Waals surface area contributed by atoms with Crippen LogP contribution in [-0.4, -0.2) is 43.9 Å². The largest absolute Gasteiger partial charge is 0.467 e. The minimum absolute atomic E-state index is 0.154. The zero-order chi connectivity index (χ0) is 20.6. The van der Waals surface area contributed by atoms with E-state index < -0.39 is 18.3 Å². The lowest BCUT2D eigenvalue weighted by Gasteiger charge is -2.13. The minimum Gasteiger partial charge on any atom is -0.467 e. The number of carbonyl (C=O) groups excluding carboxylic acids is 1. The van der Waals surface area contributed by atoms with Gasteiger partial charge in [-0.1, -0.05) is 0 Å². The molecule has 1 aliphatic rings. The van der Waals surface area contributed by atoms with Gasteiger partial charge in [0, 0.05) is 17.8 Å². The summed E-state index contributed by atoms with van der Waals surface area (Å²) in [5.41, 5.74) is 1.84. The first kappa shape index (κ1) is 19.1. The van der Waals surface area contributed by atoms with Crippen LogP contribution in [0.15, 0.2) is 24.7 Å². The highest BCUT2D eigenvalue weighted by molar-refractivity contribution is 5.82. The van der Waals surface area contributed by atoms with Crippen LogP contribution in [0.2, 0.25) is 0 Å². The number of aromatic nitrogens is 5. The van der Waals surface area contributed by atoms with Crippen molar-refractivity contribution >= 4 is 17.3 Å². The van der Waals surface area contributed by atoms with Gasteiger partial charge in [-0.25, -0.2) is 9.97 Å². The fourth-order valence-electron chi connectivity index (χ4n) is 3.20. The summed E-state index contributed by atoms with van der Waals surface area (Å²) in [6, 6.07) is 1.78. The van der Waals surface area contributed by atoms with Crippen LogP contribution in [-0.2, 0) is 16.9 Å². The molecule has 1 aliphatic carbocycles. The van der Waals surface area contributed by atoms with Gasteiger partial charge >= 0.3 is 6.18 Å². The predicted molar refractivity (Wildman–Crippen MR) is 95.1 cm³/mol. The number of pyridine rings is 1. The molecule has 4 rings (SSSR count). The van der Waals surface area contributed by atoms with Gasteiger partial charge in [0.2, 0.25) is 12.3 Å². The van der Waals surface area contributed by atoms with Crippen LogP contribution >= 0.6 is 0 Å². The molecule has 8 nitrogen and oxygen atoms in total. The zero-order valence-corrected chi connectivity index (χ0v) is 15.4. The zero-order valence-electron chi connectivity index (χ0n) is 15.4. The highest BCUT2D eigenvalue weighted by Crippen LogP contribution is 2.46. The van der Waals surface area contributed by atoms with Crippen LogP contribution < -0.4 is 10.1 Å². The number of hydrogen-bond acceptors (Lipinski definition) is 6. The number of halogens is 3. The molecule has 1 N–H and O–H groups in total. The van der Waals surface area contributed by atoms with Crippen molar-refractivity contribution in [2.45, 2.75) is 38.0 Å². The van der Waals surface area contributed by atoms with Gasteiger partial charge in [0.05, 0.1) is 40.9 Å². The summed E-state index contributed by atoms with van der Waals surface area (Å²) in [4.78, 5) is 23.6. The van der Waals surface area contributed by atoms with E-state index in [2.05, 4.69) is 30.1 Å². The Morgan fingerprint density at radius 1 is 1.34 bits per heavy atom. The number of hydrogen-bond donors (Lipinski definition) is 1. The number of fused-ring (bicyclic) bond motifs is 1. The van der Waals surface area contributed by atoms with Crippen LogP contribution in [0.5, 0.6) is 5.88 Å². The van der Waals surface area contributed by atoms with Crippen LogP contribution in [0.3, 0.4) is 0 Å². The summed E-state index contributed by atoms with van der Waals surface area (Å²) in [6.45, 7) is 0.389. The van der Waals surface area contributed by atoms with E-state index in [0.29, 0.717) is 12.1 Å². The molecular formula is C18H17F3N6O2. The van der Waals surface area contributed by atoms with Gasteiger partial charge in [0.15, 0.2) is 6.61 Å². The van der Waals surface area contributed by atoms with Gasteiger partial charge in [-0.2, -0.15) is 18.3 Å². The highest BCUT2D eigenvalue weighted by atomic mass is 19.4. The average molecular weight is 406 g/mol. The maximum Gasteiger partial charge on any atom is 0.422 e. The monoisotopic (exact) mass is 406 g/mol. The van der Waals surface area contributed by atoms with E-state index in [1.807, 2.05) is 6.20 Å². The van der Waals surface area contributed by atoms with Gasteiger partial charge in [-0.3, -0.25) is 14.5 Å². The lowest BCUT2D eigenvalue weighted by molar-refractivity contribution is -0.154. The van der Waals surface area contributed by atoms with Gasteiger partial charge < -0.3 is 10.1 Å². The summed E-state index contributed by atoms with van der Waals surface area (Å²) in [7, 11) is 0. The summed E-state index contributed by atoms with van der Waals surface area (Å²) in [5.74, 6) is -0.154.